The fourth-order valence-electron chi connectivity index (χ4n) is 0. The first kappa shape index (κ1) is 31.1. The van der Waals surface area contributed by atoms with Crippen LogP contribution in [-0.2, 0) is 21.1 Å². The molecular formula is C7H22N2W. The number of rotatable bonds is 1. The quantitative estimate of drug-likeness (QED) is 0.742. The Morgan fingerprint density at radius 3 is 1.20 bits per heavy atom. The van der Waals surface area contributed by atoms with Gasteiger partial charge in [-0.1, -0.05) is 27.7 Å². The van der Waals surface area contributed by atoms with Crippen molar-refractivity contribution in [1.29, 1.82) is 0 Å². The first-order chi connectivity index (χ1) is 3.91. The summed E-state index contributed by atoms with van der Waals surface area (Å²) in [4.78, 5) is 0. The molecule has 0 saturated carbocycles. The predicted octanol–water partition coefficient (Wildman–Crippen LogP) is 2.72. The van der Waals surface area contributed by atoms with E-state index in [0.29, 0.717) is 6.67 Å². The molecule has 0 unspecified atom stereocenters. The fraction of sp³-hybridized carbons (Fsp3) is 0.857. The average molecular weight is 318 g/mol. The van der Waals surface area contributed by atoms with E-state index in [1.807, 2.05) is 27.7 Å². The van der Waals surface area contributed by atoms with Crippen LogP contribution in [0.5, 0.6) is 0 Å². The Balaban J connectivity index is -0.0000000125. The Morgan fingerprint density at radius 2 is 1.20 bits per heavy atom. The van der Waals surface area contributed by atoms with E-state index < -0.39 is 0 Å². The van der Waals surface area contributed by atoms with E-state index in [1.165, 1.54) is 0 Å². The minimum absolute atomic E-state index is 0. The smallest absolute Gasteiger partial charge is 0.665 e. The molecule has 2 nitrogen and oxygen atoms in total. The van der Waals surface area contributed by atoms with Gasteiger partial charge in [0, 0.05) is 0 Å². The van der Waals surface area contributed by atoms with Crippen LogP contribution in [0, 0.1) is 7.43 Å². The predicted molar refractivity (Wildman–Crippen MR) is 47.4 cm³/mol. The Morgan fingerprint density at radius 1 is 1.10 bits per heavy atom. The van der Waals surface area contributed by atoms with Crippen molar-refractivity contribution in [2.24, 2.45) is 0 Å². The van der Waals surface area contributed by atoms with Gasteiger partial charge in [-0.3, -0.25) is 0 Å². The molecule has 0 bridgehead atoms. The van der Waals surface area contributed by atoms with Crippen molar-refractivity contribution < 1.29 is 21.1 Å². The molecule has 0 aliphatic heterocycles. The molecule has 3 heteroatoms. The van der Waals surface area contributed by atoms with Crippen LogP contribution in [0.25, 0.3) is 5.73 Å². The molecule has 0 spiro atoms. The summed E-state index contributed by atoms with van der Waals surface area (Å²) in [5.41, 5.74) is 6.34. The largest absolute Gasteiger partial charge is 2.00 e. The zero-order chi connectivity index (χ0) is 7.41. The zero-order valence-electron chi connectivity index (χ0n) is 8.12. The summed E-state index contributed by atoms with van der Waals surface area (Å²) in [5, 5.41) is 2.60. The normalized spacial score (nSPS) is 4.20. The van der Waals surface area contributed by atoms with Gasteiger partial charge in [0.05, 0.1) is 0 Å². The Kier molecular flexibility index (Phi) is 326. The monoisotopic (exact) mass is 318 g/mol. The summed E-state index contributed by atoms with van der Waals surface area (Å²) in [5.74, 6) is 0. The molecule has 0 amide bonds. The zero-order valence-corrected chi connectivity index (χ0v) is 11.0. The SMILES string of the molecule is CC.CC.CNC[NH-].[CH3-].[W+2]. The molecule has 0 aromatic heterocycles. The van der Waals surface area contributed by atoms with Gasteiger partial charge in [-0.05, 0) is 7.05 Å². The van der Waals surface area contributed by atoms with Crippen molar-refractivity contribution in [3.05, 3.63) is 13.2 Å². The molecule has 66 valence electrons. The van der Waals surface area contributed by atoms with Crippen molar-refractivity contribution in [3.8, 4) is 0 Å². The Hall–Kier alpha value is 0.608. The van der Waals surface area contributed by atoms with Crippen LogP contribution in [0.15, 0.2) is 0 Å². The Labute approximate surface area is 81.2 Å². The third-order valence-corrected chi connectivity index (χ3v) is 0.177. The second kappa shape index (κ2) is 105. The molecule has 0 heterocycles. The third kappa shape index (κ3) is 193. The maximum absolute atomic E-state index is 6.34. The van der Waals surface area contributed by atoms with Crippen molar-refractivity contribution in [2.75, 3.05) is 13.7 Å². The van der Waals surface area contributed by atoms with E-state index in [9.17, 15) is 0 Å². The minimum atomic E-state index is 0. The molecule has 2 N–H and O–H groups in total. The molecule has 0 radical (unpaired) electrons. The molecular weight excluding hydrogens is 296 g/mol. The van der Waals surface area contributed by atoms with Crippen molar-refractivity contribution >= 4 is 0 Å². The number of hydrogen-bond donors (Lipinski definition) is 1. The molecule has 0 aliphatic carbocycles. The molecule has 0 rings (SSSR count). The summed E-state index contributed by atoms with van der Waals surface area (Å²) >= 11 is 0. The summed E-state index contributed by atoms with van der Waals surface area (Å²) in [6.07, 6.45) is 0. The maximum atomic E-state index is 6.34. The van der Waals surface area contributed by atoms with Crippen LogP contribution in [0.4, 0.5) is 0 Å². The van der Waals surface area contributed by atoms with E-state index in [1.54, 1.807) is 7.05 Å². The average Bonchev–Trinajstić information content (AvgIpc) is 1.96. The first-order valence-corrected chi connectivity index (χ1v) is 3.21. The minimum Gasteiger partial charge on any atom is -0.665 e. The maximum Gasteiger partial charge on any atom is 2.00 e. The second-order valence-electron chi connectivity index (χ2n) is 0.530. The van der Waals surface area contributed by atoms with Crippen LogP contribution < -0.4 is 5.32 Å². The van der Waals surface area contributed by atoms with Crippen LogP contribution in [0.2, 0.25) is 0 Å². The molecule has 0 fully saturated rings. The van der Waals surface area contributed by atoms with Gasteiger partial charge < -0.3 is 18.5 Å². The van der Waals surface area contributed by atoms with Gasteiger partial charge in [0.1, 0.15) is 0 Å². The Bertz CT molecular complexity index is 13.6. The molecule has 0 saturated heterocycles. The van der Waals surface area contributed by atoms with Crippen LogP contribution in [-0.4, -0.2) is 13.7 Å². The van der Waals surface area contributed by atoms with Gasteiger partial charge in [0.2, 0.25) is 0 Å². The van der Waals surface area contributed by atoms with Crippen LogP contribution in [0.1, 0.15) is 27.7 Å². The number of hydrogen-bond acceptors (Lipinski definition) is 1. The van der Waals surface area contributed by atoms with Gasteiger partial charge >= 0.3 is 21.1 Å². The molecule has 0 aromatic carbocycles. The van der Waals surface area contributed by atoms with Crippen molar-refractivity contribution in [1.82, 2.24) is 5.32 Å². The summed E-state index contributed by atoms with van der Waals surface area (Å²) in [6.45, 7) is 8.32. The molecule has 0 atom stereocenters. The number of nitrogens with one attached hydrogen (secondary N) is 2. The topological polar surface area (TPSA) is 35.8 Å². The van der Waals surface area contributed by atoms with E-state index in [-0.39, 0.29) is 28.5 Å². The second-order valence-corrected chi connectivity index (χ2v) is 0.530. The van der Waals surface area contributed by atoms with E-state index in [4.69, 9.17) is 5.73 Å². The van der Waals surface area contributed by atoms with Gasteiger partial charge in [-0.2, -0.15) is 0 Å². The third-order valence-electron chi connectivity index (χ3n) is 0.177. The fourth-order valence-corrected chi connectivity index (χ4v) is 0. The molecule has 0 aromatic rings. The van der Waals surface area contributed by atoms with E-state index in [0.717, 1.165) is 0 Å². The summed E-state index contributed by atoms with van der Waals surface area (Å²) in [7, 11) is 1.74. The summed E-state index contributed by atoms with van der Waals surface area (Å²) in [6, 6.07) is 0. The molecule has 0 aliphatic rings. The molecule has 10 heavy (non-hydrogen) atoms. The van der Waals surface area contributed by atoms with Crippen LogP contribution in [0.3, 0.4) is 0 Å². The van der Waals surface area contributed by atoms with Crippen LogP contribution >= 0.6 is 0 Å². The van der Waals surface area contributed by atoms with Gasteiger partial charge in [0.15, 0.2) is 0 Å². The van der Waals surface area contributed by atoms with E-state index >= 15 is 0 Å². The van der Waals surface area contributed by atoms with Gasteiger partial charge in [0.25, 0.3) is 0 Å². The first-order valence-electron chi connectivity index (χ1n) is 3.21. The van der Waals surface area contributed by atoms with Gasteiger partial charge in [-0.25, -0.2) is 0 Å². The standard InChI is InChI=1S/C2H7N2.2C2H6.CH3.W/c1-4-2-3;2*1-2;;/h3-4H,2H2,1H3;2*1-2H3;1H3;/q-1;;;-1;+2. The van der Waals surface area contributed by atoms with Crippen molar-refractivity contribution in [3.63, 3.8) is 0 Å². The summed E-state index contributed by atoms with van der Waals surface area (Å²) < 4.78 is 0. The van der Waals surface area contributed by atoms with Gasteiger partial charge in [-0.15, -0.1) is 6.67 Å². The van der Waals surface area contributed by atoms with Crippen molar-refractivity contribution in [2.45, 2.75) is 27.7 Å². The van der Waals surface area contributed by atoms with E-state index in [2.05, 4.69) is 5.32 Å².